The molecule has 2 fully saturated rings. The van der Waals surface area contributed by atoms with E-state index in [1.165, 1.54) is 17.8 Å². The number of H-pyrrole nitrogens is 1. The number of rotatable bonds is 7. The molecule has 0 unspecified atom stereocenters. The topological polar surface area (TPSA) is 112 Å². The van der Waals surface area contributed by atoms with Crippen molar-refractivity contribution in [2.45, 2.75) is 57.7 Å². The summed E-state index contributed by atoms with van der Waals surface area (Å²) in [6.45, 7) is 3.90. The van der Waals surface area contributed by atoms with Crippen LogP contribution in [0.5, 0.6) is 0 Å². The van der Waals surface area contributed by atoms with Crippen molar-refractivity contribution in [3.63, 3.8) is 0 Å². The van der Waals surface area contributed by atoms with Crippen LogP contribution in [0.1, 0.15) is 43.9 Å². The van der Waals surface area contributed by atoms with E-state index in [2.05, 4.69) is 49.6 Å². The van der Waals surface area contributed by atoms with E-state index < -0.39 is 0 Å². The molecule has 1 saturated heterocycles. The van der Waals surface area contributed by atoms with Crippen LogP contribution in [0.4, 0.5) is 10.7 Å². The van der Waals surface area contributed by atoms with Crippen LogP contribution in [0.15, 0.2) is 47.5 Å². The Morgan fingerprint density at radius 3 is 2.91 bits per heavy atom. The maximum Gasteiger partial charge on any atom is 0.318 e. The molecule has 2 amide bonds. The quantitative estimate of drug-likeness (QED) is 0.557. The van der Waals surface area contributed by atoms with Gasteiger partial charge in [-0.25, -0.2) is 14.5 Å². The van der Waals surface area contributed by atoms with Gasteiger partial charge in [0, 0.05) is 31.4 Å². The van der Waals surface area contributed by atoms with Crippen LogP contribution in [0.2, 0.25) is 0 Å². The van der Waals surface area contributed by atoms with Crippen LogP contribution >= 0.6 is 0 Å². The number of aromatic amines is 1. The Hall–Kier alpha value is -3.69. The summed E-state index contributed by atoms with van der Waals surface area (Å²) < 4.78 is 1.74. The molecule has 34 heavy (non-hydrogen) atoms. The Kier molecular flexibility index (Phi) is 6.29. The van der Waals surface area contributed by atoms with E-state index >= 15 is 0 Å². The number of carbonyl (C=O) groups is 1. The van der Waals surface area contributed by atoms with Crippen molar-refractivity contribution in [2.24, 2.45) is 0 Å². The van der Waals surface area contributed by atoms with Gasteiger partial charge in [-0.05, 0) is 49.8 Å². The number of benzene rings is 1. The summed E-state index contributed by atoms with van der Waals surface area (Å²) in [6, 6.07) is 9.85. The van der Waals surface area contributed by atoms with Crippen LogP contribution in [-0.2, 0) is 13.0 Å². The van der Waals surface area contributed by atoms with Gasteiger partial charge in [-0.15, -0.1) is 5.10 Å². The molecule has 1 saturated carbocycles. The van der Waals surface area contributed by atoms with Crippen molar-refractivity contribution in [1.82, 2.24) is 35.2 Å². The highest BCUT2D eigenvalue weighted by Crippen LogP contribution is 2.32. The minimum Gasteiger partial charge on any atom is -0.340 e. The summed E-state index contributed by atoms with van der Waals surface area (Å²) in [4.78, 5) is 36.1. The lowest BCUT2D eigenvalue weighted by Crippen LogP contribution is -2.54. The van der Waals surface area contributed by atoms with E-state index in [0.29, 0.717) is 24.7 Å². The smallest absolute Gasteiger partial charge is 0.318 e. The molecular formula is C24H30N8O2. The number of urea groups is 1. The fourth-order valence-corrected chi connectivity index (χ4v) is 4.56. The van der Waals surface area contributed by atoms with Gasteiger partial charge >= 0.3 is 6.03 Å². The minimum absolute atomic E-state index is 0.0687. The number of piperidine rings is 1. The summed E-state index contributed by atoms with van der Waals surface area (Å²) in [6.07, 6.45) is 8.25. The van der Waals surface area contributed by atoms with E-state index in [1.807, 2.05) is 23.2 Å². The predicted molar refractivity (Wildman–Crippen MR) is 128 cm³/mol. The Balaban J connectivity index is 1.23. The lowest BCUT2D eigenvalue weighted by molar-refractivity contribution is 0.160. The zero-order valence-corrected chi connectivity index (χ0v) is 19.4. The molecule has 3 aromatic rings. The van der Waals surface area contributed by atoms with Crippen LogP contribution in [0.3, 0.4) is 0 Å². The fourth-order valence-electron chi connectivity index (χ4n) is 4.56. The normalized spacial score (nSPS) is 18.0. The maximum atomic E-state index is 13.2. The maximum absolute atomic E-state index is 13.2. The van der Waals surface area contributed by atoms with Crippen LogP contribution in [0, 0.1) is 0 Å². The SMILES string of the molecule is CCc1cccc(-n2cc(CNC(=O)N(C3CC3)[C@@H]3CCCN(c4nccc(=O)[nH]4)C3)nn2)c1. The number of anilines is 1. The number of aromatic nitrogens is 5. The number of amides is 2. The molecule has 10 heteroatoms. The first-order chi connectivity index (χ1) is 16.6. The van der Waals surface area contributed by atoms with E-state index in [0.717, 1.165) is 44.3 Å². The number of aryl methyl sites for hydroxylation is 1. The molecule has 1 aromatic carbocycles. The molecule has 2 N–H and O–H groups in total. The molecule has 10 nitrogen and oxygen atoms in total. The van der Waals surface area contributed by atoms with E-state index in [4.69, 9.17) is 0 Å². The molecule has 5 rings (SSSR count). The van der Waals surface area contributed by atoms with Gasteiger partial charge < -0.3 is 15.1 Å². The summed E-state index contributed by atoms with van der Waals surface area (Å²) >= 11 is 0. The van der Waals surface area contributed by atoms with Crippen LogP contribution < -0.4 is 15.8 Å². The minimum atomic E-state index is -0.168. The van der Waals surface area contributed by atoms with E-state index in [-0.39, 0.29) is 23.7 Å². The first kappa shape index (κ1) is 22.1. The largest absolute Gasteiger partial charge is 0.340 e. The van der Waals surface area contributed by atoms with Gasteiger partial charge in [-0.2, -0.15) is 0 Å². The number of carbonyl (C=O) groups excluding carboxylic acids is 1. The molecule has 0 spiro atoms. The first-order valence-electron chi connectivity index (χ1n) is 12.0. The molecule has 3 heterocycles. The Labute approximate surface area is 198 Å². The standard InChI is InChI=1S/C24H30N8O2/c1-2-17-5-3-6-20(13-17)31-15-18(28-29-31)14-26-24(34)32(19-8-9-19)21-7-4-12-30(16-21)23-25-11-10-22(33)27-23/h3,5-6,10-11,13,15,19,21H,2,4,7-9,12,14,16H2,1H3,(H,26,34)(H,25,27,33)/t21-/m1/s1. The van der Waals surface area contributed by atoms with Crippen molar-refractivity contribution in [1.29, 1.82) is 0 Å². The van der Waals surface area contributed by atoms with Gasteiger partial charge in [0.1, 0.15) is 5.69 Å². The summed E-state index contributed by atoms with van der Waals surface area (Å²) in [5.74, 6) is 0.567. The van der Waals surface area contributed by atoms with Gasteiger partial charge in [0.05, 0.1) is 24.5 Å². The lowest BCUT2D eigenvalue weighted by Gasteiger charge is -2.39. The second kappa shape index (κ2) is 9.66. The van der Waals surface area contributed by atoms with Crippen molar-refractivity contribution >= 4 is 12.0 Å². The Morgan fingerprint density at radius 1 is 1.24 bits per heavy atom. The molecule has 2 aromatic heterocycles. The number of nitrogens with zero attached hydrogens (tertiary/aromatic N) is 6. The van der Waals surface area contributed by atoms with Crippen molar-refractivity contribution in [2.75, 3.05) is 18.0 Å². The fraction of sp³-hybridized carbons (Fsp3) is 0.458. The number of nitrogens with one attached hydrogen (secondary N) is 2. The molecule has 2 aliphatic rings. The highest BCUT2D eigenvalue weighted by Gasteiger charge is 2.39. The Morgan fingerprint density at radius 2 is 2.12 bits per heavy atom. The highest BCUT2D eigenvalue weighted by atomic mass is 16.2. The molecule has 1 aliphatic heterocycles. The third kappa shape index (κ3) is 4.95. The summed E-state index contributed by atoms with van der Waals surface area (Å²) in [7, 11) is 0. The zero-order chi connectivity index (χ0) is 23.5. The first-order valence-corrected chi connectivity index (χ1v) is 12.0. The van der Waals surface area contributed by atoms with E-state index in [1.54, 1.807) is 4.68 Å². The zero-order valence-electron chi connectivity index (χ0n) is 19.4. The number of hydrogen-bond donors (Lipinski definition) is 2. The molecule has 178 valence electrons. The predicted octanol–water partition coefficient (Wildman–Crippen LogP) is 2.26. The van der Waals surface area contributed by atoms with Crippen LogP contribution in [0.25, 0.3) is 5.69 Å². The Bertz CT molecular complexity index is 1200. The second-order valence-corrected chi connectivity index (χ2v) is 8.97. The van der Waals surface area contributed by atoms with Crippen molar-refractivity contribution < 1.29 is 4.79 Å². The molecule has 0 bridgehead atoms. The van der Waals surface area contributed by atoms with Gasteiger partial charge in [0.15, 0.2) is 0 Å². The summed E-state index contributed by atoms with van der Waals surface area (Å²) in [5.41, 5.74) is 2.74. The van der Waals surface area contributed by atoms with Crippen molar-refractivity contribution in [3.05, 3.63) is 64.3 Å². The third-order valence-electron chi connectivity index (χ3n) is 6.47. The molecular weight excluding hydrogens is 432 g/mol. The van der Waals surface area contributed by atoms with E-state index in [9.17, 15) is 9.59 Å². The average molecular weight is 463 g/mol. The third-order valence-corrected chi connectivity index (χ3v) is 6.47. The average Bonchev–Trinajstić information content (AvgIpc) is 3.58. The highest BCUT2D eigenvalue weighted by molar-refractivity contribution is 5.75. The van der Waals surface area contributed by atoms with Crippen molar-refractivity contribution in [3.8, 4) is 5.69 Å². The van der Waals surface area contributed by atoms with Gasteiger partial charge in [-0.3, -0.25) is 9.78 Å². The molecule has 1 aliphatic carbocycles. The van der Waals surface area contributed by atoms with Gasteiger partial charge in [-0.1, -0.05) is 24.3 Å². The second-order valence-electron chi connectivity index (χ2n) is 8.97. The lowest BCUT2D eigenvalue weighted by atomic mass is 10.0. The van der Waals surface area contributed by atoms with Gasteiger partial charge in [0.25, 0.3) is 5.56 Å². The summed E-state index contributed by atoms with van der Waals surface area (Å²) in [5, 5.41) is 11.5. The number of hydrogen-bond acceptors (Lipinski definition) is 6. The molecule has 1 atom stereocenters. The van der Waals surface area contributed by atoms with Gasteiger partial charge in [0.2, 0.25) is 5.95 Å². The monoisotopic (exact) mass is 462 g/mol. The van der Waals surface area contributed by atoms with Crippen LogP contribution in [-0.4, -0.2) is 61.1 Å². The molecule has 0 radical (unpaired) electrons.